The maximum absolute atomic E-state index is 12.8. The van der Waals surface area contributed by atoms with Crippen molar-refractivity contribution in [3.05, 3.63) is 71.8 Å². The smallest absolute Gasteiger partial charge is 0.438 e. The van der Waals surface area contributed by atoms with E-state index in [9.17, 15) is 19.2 Å². The third kappa shape index (κ3) is 12.6. The summed E-state index contributed by atoms with van der Waals surface area (Å²) >= 11 is 0. The number of imide groups is 1. The SMILES string of the molecule is C[C@H](NC(CCCCCCN[C@@H](C)C=O)(Cc1ccccc1)Cc1ccccc1)C(=O)NC(=O)ONC(=O)O. The lowest BCUT2D eigenvalue weighted by Crippen LogP contribution is -2.57. The summed E-state index contributed by atoms with van der Waals surface area (Å²) in [6.07, 6.45) is 4.09. The molecule has 0 aliphatic rings. The molecule has 10 heteroatoms. The predicted octanol–water partition coefficient (Wildman–Crippen LogP) is 3.75. The van der Waals surface area contributed by atoms with E-state index in [1.165, 1.54) is 5.48 Å². The number of carboxylic acid groups (broad SMARTS) is 1. The Morgan fingerprint density at radius 1 is 0.897 bits per heavy atom. The van der Waals surface area contributed by atoms with Crippen LogP contribution in [0.4, 0.5) is 9.59 Å². The van der Waals surface area contributed by atoms with Gasteiger partial charge in [0.25, 0.3) is 0 Å². The topological polar surface area (TPSA) is 146 Å². The van der Waals surface area contributed by atoms with Gasteiger partial charge in [-0.1, -0.05) is 79.9 Å². The molecule has 0 aliphatic heterocycles. The van der Waals surface area contributed by atoms with Crippen molar-refractivity contribution in [2.24, 2.45) is 0 Å². The van der Waals surface area contributed by atoms with E-state index < -0.39 is 29.7 Å². The molecule has 3 amide bonds. The quantitative estimate of drug-likeness (QED) is 0.123. The summed E-state index contributed by atoms with van der Waals surface area (Å²) in [7, 11) is 0. The van der Waals surface area contributed by atoms with E-state index in [1.54, 1.807) is 6.92 Å². The van der Waals surface area contributed by atoms with Gasteiger partial charge in [0.15, 0.2) is 0 Å². The van der Waals surface area contributed by atoms with Gasteiger partial charge in [-0.15, -0.1) is 5.48 Å². The summed E-state index contributed by atoms with van der Waals surface area (Å²) in [4.78, 5) is 50.3. The highest BCUT2D eigenvalue weighted by Crippen LogP contribution is 2.27. The maximum Gasteiger partial charge on any atom is 0.438 e. The van der Waals surface area contributed by atoms with Crippen molar-refractivity contribution < 1.29 is 29.1 Å². The molecule has 0 bridgehead atoms. The second-order valence-corrected chi connectivity index (χ2v) is 9.80. The lowest BCUT2D eigenvalue weighted by Gasteiger charge is -2.38. The fourth-order valence-electron chi connectivity index (χ4n) is 4.56. The first-order valence-electron chi connectivity index (χ1n) is 13.3. The molecule has 39 heavy (non-hydrogen) atoms. The van der Waals surface area contributed by atoms with Crippen LogP contribution in [0.5, 0.6) is 0 Å². The van der Waals surface area contributed by atoms with Gasteiger partial charge in [-0.3, -0.25) is 15.4 Å². The summed E-state index contributed by atoms with van der Waals surface area (Å²) < 4.78 is 0. The second kappa shape index (κ2) is 17.0. The molecule has 2 atom stereocenters. The predicted molar refractivity (Wildman–Crippen MR) is 148 cm³/mol. The Balaban J connectivity index is 2.17. The molecule has 0 aliphatic carbocycles. The average molecular weight is 541 g/mol. The van der Waals surface area contributed by atoms with E-state index in [0.717, 1.165) is 56.1 Å². The molecule has 212 valence electrons. The van der Waals surface area contributed by atoms with Crippen LogP contribution >= 0.6 is 0 Å². The van der Waals surface area contributed by atoms with Crippen molar-refractivity contribution in [2.45, 2.75) is 76.4 Å². The van der Waals surface area contributed by atoms with Gasteiger partial charge in [-0.25, -0.2) is 9.59 Å². The summed E-state index contributed by atoms with van der Waals surface area (Å²) in [6.45, 7) is 4.28. The molecule has 0 fully saturated rings. The first-order valence-corrected chi connectivity index (χ1v) is 13.3. The van der Waals surface area contributed by atoms with Crippen LogP contribution in [0.15, 0.2) is 60.7 Å². The number of carbonyl (C=O) groups excluding carboxylic acids is 3. The highest BCUT2D eigenvalue weighted by atomic mass is 16.7. The van der Waals surface area contributed by atoms with E-state index >= 15 is 0 Å². The molecule has 0 aromatic heterocycles. The van der Waals surface area contributed by atoms with E-state index in [1.807, 2.05) is 43.3 Å². The molecular formula is C29H40N4O6. The van der Waals surface area contributed by atoms with Crippen LogP contribution in [-0.4, -0.2) is 53.7 Å². The summed E-state index contributed by atoms with van der Waals surface area (Å²) in [5, 5.41) is 17.4. The zero-order chi connectivity index (χ0) is 28.5. The summed E-state index contributed by atoms with van der Waals surface area (Å²) in [5.41, 5.74) is 3.20. The van der Waals surface area contributed by atoms with Gasteiger partial charge < -0.3 is 20.1 Å². The zero-order valence-corrected chi connectivity index (χ0v) is 22.7. The molecule has 0 spiro atoms. The Morgan fingerprint density at radius 2 is 1.46 bits per heavy atom. The van der Waals surface area contributed by atoms with E-state index in [4.69, 9.17) is 5.11 Å². The second-order valence-electron chi connectivity index (χ2n) is 9.80. The summed E-state index contributed by atoms with van der Waals surface area (Å²) in [6, 6.07) is 19.2. The van der Waals surface area contributed by atoms with Crippen LogP contribution in [0.2, 0.25) is 0 Å². The number of benzene rings is 2. The third-order valence-corrected chi connectivity index (χ3v) is 6.40. The van der Waals surface area contributed by atoms with Gasteiger partial charge in [0.1, 0.15) is 6.29 Å². The first-order chi connectivity index (χ1) is 18.7. The molecule has 2 aromatic carbocycles. The van der Waals surface area contributed by atoms with Crippen molar-refractivity contribution in [3.63, 3.8) is 0 Å². The van der Waals surface area contributed by atoms with Gasteiger partial charge in [-0.05, 0) is 57.2 Å². The Labute approximate surface area is 229 Å². The molecule has 0 unspecified atom stereocenters. The lowest BCUT2D eigenvalue weighted by atomic mass is 9.79. The normalized spacial score (nSPS) is 12.7. The van der Waals surface area contributed by atoms with Crippen molar-refractivity contribution in [3.8, 4) is 0 Å². The monoisotopic (exact) mass is 540 g/mol. The summed E-state index contributed by atoms with van der Waals surface area (Å²) in [5.74, 6) is -0.631. The zero-order valence-electron chi connectivity index (χ0n) is 22.7. The molecule has 2 aromatic rings. The number of amides is 3. The minimum absolute atomic E-state index is 0.150. The number of hydrogen-bond acceptors (Lipinski definition) is 7. The number of carbonyl (C=O) groups is 4. The van der Waals surface area contributed by atoms with Crippen LogP contribution < -0.4 is 21.4 Å². The Kier molecular flexibility index (Phi) is 13.7. The van der Waals surface area contributed by atoms with Gasteiger partial charge >= 0.3 is 12.2 Å². The molecule has 0 radical (unpaired) electrons. The van der Waals surface area contributed by atoms with E-state index in [0.29, 0.717) is 12.8 Å². The lowest BCUT2D eigenvalue weighted by molar-refractivity contribution is -0.123. The van der Waals surface area contributed by atoms with Gasteiger partial charge in [-0.2, -0.15) is 0 Å². The molecule has 0 heterocycles. The average Bonchev–Trinajstić information content (AvgIpc) is 2.92. The van der Waals surface area contributed by atoms with E-state index in [2.05, 4.69) is 45.1 Å². The highest BCUT2D eigenvalue weighted by molar-refractivity contribution is 5.94. The van der Waals surface area contributed by atoms with E-state index in [-0.39, 0.29) is 6.04 Å². The molecule has 2 rings (SSSR count). The van der Waals surface area contributed by atoms with Crippen molar-refractivity contribution >= 4 is 24.4 Å². The molecule has 0 saturated heterocycles. The van der Waals surface area contributed by atoms with Gasteiger partial charge in [0.2, 0.25) is 5.91 Å². The molecular weight excluding hydrogens is 500 g/mol. The minimum Gasteiger partial charge on any atom is -0.463 e. The standard InChI is InChI=1S/C29H40N4O6/c1-22(21-34)30-18-12-4-3-11-17-29(19-24-13-7-5-8-14-24,20-25-15-9-6-10-16-25)32-23(2)26(35)31-28(38)39-33-27(36)37/h5-10,13-16,21-23,30,32-33H,3-4,11-12,17-20H2,1-2H3,(H,36,37)(H,31,35,38)/t22-,23-/m0/s1. The Morgan fingerprint density at radius 3 is 2.00 bits per heavy atom. The van der Waals surface area contributed by atoms with Crippen molar-refractivity contribution in [1.29, 1.82) is 0 Å². The number of aldehydes is 1. The number of hydroxylamine groups is 1. The van der Waals surface area contributed by atoms with Crippen LogP contribution in [0.25, 0.3) is 0 Å². The number of hydrogen-bond donors (Lipinski definition) is 5. The third-order valence-electron chi connectivity index (χ3n) is 6.40. The Hall–Kier alpha value is -3.76. The fourth-order valence-corrected chi connectivity index (χ4v) is 4.56. The van der Waals surface area contributed by atoms with Crippen molar-refractivity contribution in [2.75, 3.05) is 6.54 Å². The molecule has 10 nitrogen and oxygen atoms in total. The molecule has 5 N–H and O–H groups in total. The van der Waals surface area contributed by atoms with Crippen LogP contribution in [0.1, 0.15) is 57.1 Å². The highest BCUT2D eigenvalue weighted by Gasteiger charge is 2.34. The number of nitrogens with one attached hydrogen (secondary N) is 4. The van der Waals surface area contributed by atoms with Crippen LogP contribution in [0, 0.1) is 0 Å². The van der Waals surface area contributed by atoms with Crippen LogP contribution in [0.3, 0.4) is 0 Å². The first kappa shape index (κ1) is 31.5. The van der Waals surface area contributed by atoms with Gasteiger partial charge in [0, 0.05) is 5.54 Å². The largest absolute Gasteiger partial charge is 0.463 e. The Bertz CT molecular complexity index is 993. The fraction of sp³-hybridized carbons (Fsp3) is 0.448. The maximum atomic E-state index is 12.8. The van der Waals surface area contributed by atoms with Crippen molar-refractivity contribution in [1.82, 2.24) is 21.4 Å². The number of unbranched alkanes of at least 4 members (excludes halogenated alkanes) is 3. The minimum atomic E-state index is -1.55. The molecule has 0 saturated carbocycles. The number of rotatable bonds is 16. The van der Waals surface area contributed by atoms with Gasteiger partial charge in [0.05, 0.1) is 12.1 Å². The van der Waals surface area contributed by atoms with Crippen LogP contribution in [-0.2, 0) is 27.3 Å².